The Morgan fingerprint density at radius 2 is 2.50 bits per heavy atom. The second kappa shape index (κ2) is 2.78. The van der Waals surface area contributed by atoms with Gasteiger partial charge in [-0.2, -0.15) is 0 Å². The summed E-state index contributed by atoms with van der Waals surface area (Å²) in [5.41, 5.74) is 0.815. The number of furan rings is 1. The lowest BCUT2D eigenvalue weighted by Crippen LogP contribution is -2.47. The monoisotopic (exact) mass is 205 g/mol. The molecule has 1 aromatic heterocycles. The maximum Gasteiger partial charge on any atom is 0.258 e. The van der Waals surface area contributed by atoms with Crippen LogP contribution >= 0.6 is 11.8 Å². The molecule has 0 N–H and O–H groups in total. The van der Waals surface area contributed by atoms with Crippen LogP contribution in [0, 0.1) is 0 Å². The number of amides is 1. The predicted molar refractivity (Wildman–Crippen MR) is 54.1 cm³/mol. The number of carbonyl (C=O) groups is 1. The van der Waals surface area contributed by atoms with Gasteiger partial charge in [0, 0.05) is 6.20 Å². The number of nitrogens with zero attached hydrogens (tertiary/aromatic N) is 1. The molecule has 70 valence electrons. The van der Waals surface area contributed by atoms with Gasteiger partial charge in [-0.05, 0) is 23.6 Å². The van der Waals surface area contributed by atoms with Crippen LogP contribution in [-0.2, 0) is 4.79 Å². The molecule has 0 unspecified atom stereocenters. The molecule has 2 aliphatic heterocycles. The minimum Gasteiger partial charge on any atom is -0.465 e. The Morgan fingerprint density at radius 1 is 1.57 bits per heavy atom. The van der Waals surface area contributed by atoms with E-state index < -0.39 is 0 Å². The van der Waals surface area contributed by atoms with Gasteiger partial charge in [0.25, 0.3) is 5.91 Å². The Hall–Kier alpha value is -1.42. The number of fused-ring (bicyclic) bond motifs is 1. The van der Waals surface area contributed by atoms with Crippen LogP contribution in [0.3, 0.4) is 0 Å². The lowest BCUT2D eigenvalue weighted by atomic mass is 10.1. The van der Waals surface area contributed by atoms with E-state index >= 15 is 0 Å². The maximum absolute atomic E-state index is 11.5. The molecular formula is C10H7NO2S. The summed E-state index contributed by atoms with van der Waals surface area (Å²) >= 11 is 1.64. The molecule has 2 aliphatic rings. The molecule has 1 fully saturated rings. The van der Waals surface area contributed by atoms with Gasteiger partial charge in [0.15, 0.2) is 0 Å². The van der Waals surface area contributed by atoms with Gasteiger partial charge in [0.05, 0.1) is 11.8 Å². The fraction of sp³-hybridized carbons (Fsp3) is 0.100. The normalized spacial score (nSPS) is 26.9. The van der Waals surface area contributed by atoms with Gasteiger partial charge in [-0.1, -0.05) is 0 Å². The average Bonchev–Trinajstić information content (AvgIpc) is 2.83. The predicted octanol–water partition coefficient (Wildman–Crippen LogP) is 2.05. The van der Waals surface area contributed by atoms with Gasteiger partial charge >= 0.3 is 0 Å². The highest BCUT2D eigenvalue weighted by molar-refractivity contribution is 8.03. The average molecular weight is 205 g/mol. The van der Waals surface area contributed by atoms with Crippen LogP contribution in [0.5, 0.6) is 0 Å². The van der Waals surface area contributed by atoms with E-state index in [1.54, 1.807) is 22.9 Å². The van der Waals surface area contributed by atoms with Gasteiger partial charge in [0.1, 0.15) is 11.1 Å². The van der Waals surface area contributed by atoms with E-state index in [1.165, 1.54) is 0 Å². The third-order valence-electron chi connectivity index (χ3n) is 2.27. The van der Waals surface area contributed by atoms with Crippen molar-refractivity contribution >= 4 is 23.7 Å². The minimum absolute atomic E-state index is 0.0765. The van der Waals surface area contributed by atoms with Crippen molar-refractivity contribution in [2.24, 2.45) is 0 Å². The molecule has 3 heterocycles. The Labute approximate surface area is 85.1 Å². The Kier molecular flexibility index (Phi) is 1.58. The van der Waals surface area contributed by atoms with E-state index in [1.807, 2.05) is 29.8 Å². The van der Waals surface area contributed by atoms with Crippen molar-refractivity contribution in [2.75, 3.05) is 0 Å². The molecule has 3 rings (SSSR count). The standard InChI is InChI=1S/C10H7NO2S/c12-9-8(6-7-2-1-4-13-7)10-11(9)3-5-14-10/h1-6,10H/t10-/m1/s1. The topological polar surface area (TPSA) is 33.5 Å². The zero-order chi connectivity index (χ0) is 9.54. The molecule has 3 nitrogen and oxygen atoms in total. The summed E-state index contributed by atoms with van der Waals surface area (Å²) in [5, 5.41) is 2.11. The van der Waals surface area contributed by atoms with Crippen LogP contribution in [-0.4, -0.2) is 16.2 Å². The second-order valence-electron chi connectivity index (χ2n) is 3.10. The smallest absolute Gasteiger partial charge is 0.258 e. The lowest BCUT2D eigenvalue weighted by molar-refractivity contribution is -0.130. The van der Waals surface area contributed by atoms with Gasteiger partial charge < -0.3 is 4.42 Å². The molecule has 0 aliphatic carbocycles. The van der Waals surface area contributed by atoms with Crippen molar-refractivity contribution in [1.29, 1.82) is 0 Å². The summed E-state index contributed by atoms with van der Waals surface area (Å²) in [6, 6.07) is 3.66. The molecule has 1 atom stereocenters. The number of β-lactam (4-membered cyclic amide) rings is 1. The molecule has 0 spiro atoms. The first-order valence-corrected chi connectivity index (χ1v) is 5.20. The van der Waals surface area contributed by atoms with E-state index in [9.17, 15) is 4.79 Å². The van der Waals surface area contributed by atoms with Crippen molar-refractivity contribution in [3.8, 4) is 0 Å². The fourth-order valence-electron chi connectivity index (χ4n) is 1.56. The molecular weight excluding hydrogens is 198 g/mol. The van der Waals surface area contributed by atoms with E-state index in [0.717, 1.165) is 11.3 Å². The SMILES string of the molecule is O=C1C(=Cc2ccco2)[C@H]2SC=CN12. The molecule has 0 saturated carbocycles. The minimum atomic E-state index is 0.0765. The third-order valence-corrected chi connectivity index (χ3v) is 3.29. The molecule has 0 radical (unpaired) electrons. The molecule has 0 aromatic carbocycles. The number of rotatable bonds is 1. The van der Waals surface area contributed by atoms with Gasteiger partial charge in [0.2, 0.25) is 0 Å². The number of hydrogen-bond donors (Lipinski definition) is 0. The summed E-state index contributed by atoms with van der Waals surface area (Å²) in [6.07, 6.45) is 5.23. The Balaban J connectivity index is 1.91. The first-order valence-electron chi connectivity index (χ1n) is 4.26. The molecule has 4 heteroatoms. The highest BCUT2D eigenvalue weighted by Crippen LogP contribution is 2.41. The van der Waals surface area contributed by atoms with E-state index in [4.69, 9.17) is 4.42 Å². The number of carbonyl (C=O) groups excluding carboxylic acids is 1. The Bertz CT molecular complexity index is 433. The summed E-state index contributed by atoms with van der Waals surface area (Å²) in [7, 11) is 0. The van der Waals surface area contributed by atoms with Crippen LogP contribution in [0.2, 0.25) is 0 Å². The van der Waals surface area contributed by atoms with Crippen molar-refractivity contribution in [3.63, 3.8) is 0 Å². The van der Waals surface area contributed by atoms with Crippen LogP contribution in [0.15, 0.2) is 40.0 Å². The molecule has 1 amide bonds. The number of thioether (sulfide) groups is 1. The highest BCUT2D eigenvalue weighted by atomic mass is 32.2. The van der Waals surface area contributed by atoms with Gasteiger partial charge in [-0.15, -0.1) is 11.8 Å². The van der Waals surface area contributed by atoms with Crippen molar-refractivity contribution < 1.29 is 9.21 Å². The van der Waals surface area contributed by atoms with Crippen molar-refractivity contribution in [1.82, 2.24) is 4.90 Å². The number of hydrogen-bond acceptors (Lipinski definition) is 3. The van der Waals surface area contributed by atoms with Crippen LogP contribution in [0.1, 0.15) is 5.76 Å². The quantitative estimate of drug-likeness (QED) is 0.519. The fourth-order valence-corrected chi connectivity index (χ4v) is 2.53. The van der Waals surface area contributed by atoms with Crippen molar-refractivity contribution in [3.05, 3.63) is 41.3 Å². The summed E-state index contributed by atoms with van der Waals surface area (Å²) < 4.78 is 5.16. The van der Waals surface area contributed by atoms with Gasteiger partial charge in [-0.25, -0.2) is 0 Å². The molecule has 14 heavy (non-hydrogen) atoms. The van der Waals surface area contributed by atoms with Crippen molar-refractivity contribution in [2.45, 2.75) is 5.37 Å². The summed E-state index contributed by atoms with van der Waals surface area (Å²) in [6.45, 7) is 0. The zero-order valence-corrected chi connectivity index (χ0v) is 8.03. The first-order chi connectivity index (χ1) is 6.86. The maximum atomic E-state index is 11.5. The lowest BCUT2D eigenvalue weighted by Gasteiger charge is -2.35. The van der Waals surface area contributed by atoms with Crippen LogP contribution in [0.4, 0.5) is 0 Å². The molecule has 1 aromatic rings. The van der Waals surface area contributed by atoms with Crippen LogP contribution < -0.4 is 0 Å². The third kappa shape index (κ3) is 0.974. The molecule has 1 saturated heterocycles. The molecule has 0 bridgehead atoms. The highest BCUT2D eigenvalue weighted by Gasteiger charge is 2.43. The van der Waals surface area contributed by atoms with E-state index in [2.05, 4.69) is 0 Å². The van der Waals surface area contributed by atoms with E-state index in [0.29, 0.717) is 0 Å². The summed E-state index contributed by atoms with van der Waals surface area (Å²) in [4.78, 5) is 13.2. The zero-order valence-electron chi connectivity index (χ0n) is 7.21. The first kappa shape index (κ1) is 7.94. The Morgan fingerprint density at radius 3 is 3.29 bits per heavy atom. The van der Waals surface area contributed by atoms with Gasteiger partial charge in [-0.3, -0.25) is 9.69 Å². The van der Waals surface area contributed by atoms with Crippen LogP contribution in [0.25, 0.3) is 6.08 Å². The second-order valence-corrected chi connectivity index (χ2v) is 4.09. The largest absolute Gasteiger partial charge is 0.465 e. The summed E-state index contributed by atoms with van der Waals surface area (Å²) in [5.74, 6) is 0.813. The van der Waals surface area contributed by atoms with E-state index in [-0.39, 0.29) is 11.3 Å².